The molecule has 1 aromatic carbocycles. The summed E-state index contributed by atoms with van der Waals surface area (Å²) in [6.45, 7) is 1.38. The van der Waals surface area contributed by atoms with Gasteiger partial charge in [-0.3, -0.25) is 4.79 Å². The van der Waals surface area contributed by atoms with Crippen LogP contribution < -0.4 is 0 Å². The molecule has 1 aromatic rings. The van der Waals surface area contributed by atoms with E-state index in [1.165, 1.54) is 37.3 Å². The lowest BCUT2D eigenvalue weighted by Gasteiger charge is -2.01. The van der Waals surface area contributed by atoms with E-state index in [0.29, 0.717) is 11.1 Å². The number of carbonyl (C=O) groups excluding carboxylic acids is 1. The highest BCUT2D eigenvalue weighted by Crippen LogP contribution is 2.14. The van der Waals surface area contributed by atoms with E-state index in [2.05, 4.69) is 0 Å². The van der Waals surface area contributed by atoms with Crippen LogP contribution in [0.2, 0.25) is 0 Å². The average Bonchev–Trinajstić information content (AvgIpc) is 2.33. The fourth-order valence-corrected chi connectivity index (χ4v) is 1.37. The molecule has 0 heterocycles. The molecule has 0 saturated carbocycles. The third-order valence-corrected chi connectivity index (χ3v) is 2.15. The molecular formula is C14H12O5. The van der Waals surface area contributed by atoms with Crippen LogP contribution in [0.25, 0.3) is 12.2 Å². The van der Waals surface area contributed by atoms with Crippen LogP contribution in [0.3, 0.4) is 0 Å². The third kappa shape index (κ3) is 4.99. The summed E-state index contributed by atoms with van der Waals surface area (Å²) in [6.07, 6.45) is 5.00. The molecule has 0 aliphatic rings. The van der Waals surface area contributed by atoms with Gasteiger partial charge in [0.25, 0.3) is 0 Å². The van der Waals surface area contributed by atoms with Crippen molar-refractivity contribution >= 4 is 29.9 Å². The Hall–Kier alpha value is -2.69. The summed E-state index contributed by atoms with van der Waals surface area (Å²) in [4.78, 5) is 32.2. The van der Waals surface area contributed by atoms with Crippen molar-refractivity contribution in [3.63, 3.8) is 0 Å². The number of hydrogen-bond acceptors (Lipinski definition) is 3. The predicted octanol–water partition coefficient (Wildman–Crippen LogP) is 2.08. The van der Waals surface area contributed by atoms with Gasteiger partial charge in [-0.15, -0.1) is 0 Å². The van der Waals surface area contributed by atoms with E-state index in [1.807, 2.05) is 0 Å². The number of aromatic carboxylic acids is 1. The molecule has 0 spiro atoms. The maximum Gasteiger partial charge on any atom is 0.335 e. The minimum absolute atomic E-state index is 0.0238. The van der Waals surface area contributed by atoms with Crippen LogP contribution in [-0.4, -0.2) is 27.9 Å². The fraction of sp³-hybridized carbons (Fsp3) is 0.0714. The molecule has 0 saturated heterocycles. The van der Waals surface area contributed by atoms with E-state index in [1.54, 1.807) is 6.07 Å². The first-order valence-electron chi connectivity index (χ1n) is 5.36. The van der Waals surface area contributed by atoms with Crippen molar-refractivity contribution in [2.45, 2.75) is 6.92 Å². The Kier molecular flexibility index (Phi) is 4.76. The molecule has 0 unspecified atom stereocenters. The summed E-state index contributed by atoms with van der Waals surface area (Å²) >= 11 is 0. The molecule has 5 heteroatoms. The van der Waals surface area contributed by atoms with Crippen molar-refractivity contribution in [3.8, 4) is 0 Å². The Morgan fingerprint density at radius 2 is 1.47 bits per heavy atom. The molecule has 5 nitrogen and oxygen atoms in total. The van der Waals surface area contributed by atoms with Gasteiger partial charge >= 0.3 is 11.9 Å². The van der Waals surface area contributed by atoms with Crippen LogP contribution in [0.1, 0.15) is 28.4 Å². The molecule has 0 fully saturated rings. The molecular weight excluding hydrogens is 248 g/mol. The monoisotopic (exact) mass is 260 g/mol. The van der Waals surface area contributed by atoms with Gasteiger partial charge in [0, 0.05) is 6.08 Å². The molecule has 19 heavy (non-hydrogen) atoms. The van der Waals surface area contributed by atoms with Crippen molar-refractivity contribution in [2.24, 2.45) is 0 Å². The summed E-state index contributed by atoms with van der Waals surface area (Å²) in [5.74, 6) is -2.41. The van der Waals surface area contributed by atoms with Crippen molar-refractivity contribution in [1.29, 1.82) is 0 Å². The smallest absolute Gasteiger partial charge is 0.335 e. The van der Waals surface area contributed by atoms with Gasteiger partial charge in [-0.1, -0.05) is 6.08 Å². The van der Waals surface area contributed by atoms with Gasteiger partial charge in [-0.25, -0.2) is 9.59 Å². The SMILES string of the molecule is CC(=O)/C=C/c1cc(/C=C/C(=O)O)cc(C(=O)O)c1. The predicted molar refractivity (Wildman–Crippen MR) is 69.8 cm³/mol. The highest BCUT2D eigenvalue weighted by atomic mass is 16.4. The van der Waals surface area contributed by atoms with E-state index < -0.39 is 11.9 Å². The molecule has 0 aliphatic heterocycles. The van der Waals surface area contributed by atoms with E-state index in [9.17, 15) is 14.4 Å². The summed E-state index contributed by atoms with van der Waals surface area (Å²) in [5, 5.41) is 17.5. The standard InChI is InChI=1S/C14H12O5/c1-9(15)2-3-10-6-11(4-5-13(16)17)8-12(7-10)14(18)19/h2-8H,1H3,(H,16,17)(H,18,19)/b3-2+,5-4+. The zero-order valence-corrected chi connectivity index (χ0v) is 10.2. The third-order valence-electron chi connectivity index (χ3n) is 2.15. The molecule has 2 N–H and O–H groups in total. The number of benzene rings is 1. The first-order chi connectivity index (χ1) is 8.88. The number of allylic oxidation sites excluding steroid dienone is 1. The normalized spacial score (nSPS) is 11.0. The Balaban J connectivity index is 3.21. The van der Waals surface area contributed by atoms with Gasteiger partial charge in [-0.05, 0) is 48.4 Å². The van der Waals surface area contributed by atoms with Crippen molar-refractivity contribution < 1.29 is 24.6 Å². The van der Waals surface area contributed by atoms with Crippen LogP contribution in [0.4, 0.5) is 0 Å². The highest BCUT2D eigenvalue weighted by molar-refractivity contribution is 5.93. The van der Waals surface area contributed by atoms with Gasteiger partial charge in [0.15, 0.2) is 5.78 Å². The van der Waals surface area contributed by atoms with Gasteiger partial charge in [0.05, 0.1) is 5.56 Å². The van der Waals surface area contributed by atoms with Crippen LogP contribution >= 0.6 is 0 Å². The Labute approximate surface area is 109 Å². The van der Waals surface area contributed by atoms with Crippen molar-refractivity contribution in [3.05, 3.63) is 47.0 Å². The number of ketones is 1. The Morgan fingerprint density at radius 1 is 0.947 bits per heavy atom. The summed E-state index contributed by atoms with van der Waals surface area (Å²) in [6, 6.07) is 4.35. The minimum Gasteiger partial charge on any atom is -0.478 e. The molecule has 0 aromatic heterocycles. The topological polar surface area (TPSA) is 91.7 Å². The first kappa shape index (κ1) is 14.4. The van der Waals surface area contributed by atoms with Crippen LogP contribution in [0.5, 0.6) is 0 Å². The Morgan fingerprint density at radius 3 is 1.89 bits per heavy atom. The summed E-state index contributed by atoms with van der Waals surface area (Å²) in [7, 11) is 0. The molecule has 1 rings (SSSR count). The van der Waals surface area contributed by atoms with Crippen molar-refractivity contribution in [1.82, 2.24) is 0 Å². The molecule has 0 radical (unpaired) electrons. The molecule has 0 bridgehead atoms. The number of hydrogen-bond donors (Lipinski definition) is 2. The van der Waals surface area contributed by atoms with E-state index in [-0.39, 0.29) is 11.3 Å². The zero-order valence-electron chi connectivity index (χ0n) is 10.2. The zero-order chi connectivity index (χ0) is 14.4. The largest absolute Gasteiger partial charge is 0.478 e. The van der Waals surface area contributed by atoms with E-state index in [0.717, 1.165) is 6.08 Å². The lowest BCUT2D eigenvalue weighted by Crippen LogP contribution is -1.97. The number of carboxylic acids is 2. The number of aliphatic carboxylic acids is 1. The highest BCUT2D eigenvalue weighted by Gasteiger charge is 2.05. The first-order valence-corrected chi connectivity index (χ1v) is 5.36. The second-order valence-corrected chi connectivity index (χ2v) is 3.81. The van der Waals surface area contributed by atoms with Gasteiger partial charge < -0.3 is 10.2 Å². The maximum atomic E-state index is 11.0. The lowest BCUT2D eigenvalue weighted by atomic mass is 10.0. The van der Waals surface area contributed by atoms with E-state index >= 15 is 0 Å². The fourth-order valence-electron chi connectivity index (χ4n) is 1.37. The molecule has 0 aliphatic carbocycles. The summed E-state index contributed by atoms with van der Waals surface area (Å²) < 4.78 is 0. The van der Waals surface area contributed by atoms with Gasteiger partial charge in [0.2, 0.25) is 0 Å². The molecule has 0 atom stereocenters. The molecule has 0 amide bonds. The van der Waals surface area contributed by atoms with Crippen molar-refractivity contribution in [2.75, 3.05) is 0 Å². The second kappa shape index (κ2) is 6.30. The number of rotatable bonds is 5. The van der Waals surface area contributed by atoms with Crippen LogP contribution in [0.15, 0.2) is 30.4 Å². The van der Waals surface area contributed by atoms with E-state index in [4.69, 9.17) is 10.2 Å². The van der Waals surface area contributed by atoms with Gasteiger partial charge in [-0.2, -0.15) is 0 Å². The Bertz CT molecular complexity index is 539. The van der Waals surface area contributed by atoms with Crippen LogP contribution in [-0.2, 0) is 9.59 Å². The number of carboxylic acid groups (broad SMARTS) is 2. The minimum atomic E-state index is -1.12. The van der Waals surface area contributed by atoms with Crippen LogP contribution in [0, 0.1) is 0 Å². The molecule has 98 valence electrons. The quantitative estimate of drug-likeness (QED) is 0.791. The summed E-state index contributed by atoms with van der Waals surface area (Å²) in [5.41, 5.74) is 0.974. The second-order valence-electron chi connectivity index (χ2n) is 3.81. The van der Waals surface area contributed by atoms with Gasteiger partial charge in [0.1, 0.15) is 0 Å². The maximum absolute atomic E-state index is 11.0. The lowest BCUT2D eigenvalue weighted by molar-refractivity contribution is -0.131. The number of carbonyl (C=O) groups is 3. The average molecular weight is 260 g/mol.